The van der Waals surface area contributed by atoms with Gasteiger partial charge in [-0.2, -0.15) is 0 Å². The van der Waals surface area contributed by atoms with Gasteiger partial charge in [-0.25, -0.2) is 0 Å². The number of carbonyl (C=O) groups excluding carboxylic acids is 1. The maximum atomic E-state index is 10.9. The van der Waals surface area contributed by atoms with Gasteiger partial charge in [0, 0.05) is 19.3 Å². The number of rotatable bonds is 13. The van der Waals surface area contributed by atoms with Crippen LogP contribution in [0.25, 0.3) is 0 Å². The number of unbranched alkanes of at least 4 members (excludes halogenated alkanes) is 6. The molecule has 0 aromatic carbocycles. The van der Waals surface area contributed by atoms with Crippen LogP contribution in [-0.4, -0.2) is 25.3 Å². The molecule has 0 aromatic rings. The smallest absolute Gasteiger partial charge is 0.305 e. The van der Waals surface area contributed by atoms with Crippen LogP contribution < -0.4 is 0 Å². The van der Waals surface area contributed by atoms with E-state index in [-0.39, 0.29) is 5.97 Å². The Bertz CT molecular complexity index is 417. The van der Waals surface area contributed by atoms with E-state index in [0.29, 0.717) is 18.6 Å². The molecular formula is C21H34O3. The monoisotopic (exact) mass is 334 g/mol. The Morgan fingerprint density at radius 1 is 1.00 bits per heavy atom. The molecule has 0 N–H and O–H groups in total. The molecule has 1 aliphatic heterocycles. The summed E-state index contributed by atoms with van der Waals surface area (Å²) in [6, 6.07) is 0. The van der Waals surface area contributed by atoms with Crippen molar-refractivity contribution in [3.05, 3.63) is 12.2 Å². The first-order valence-corrected chi connectivity index (χ1v) is 9.61. The van der Waals surface area contributed by atoms with Gasteiger partial charge in [0.1, 0.15) is 0 Å². The van der Waals surface area contributed by atoms with Gasteiger partial charge in [-0.3, -0.25) is 4.79 Å². The molecule has 1 aliphatic rings. The fourth-order valence-corrected chi connectivity index (χ4v) is 2.71. The highest BCUT2D eigenvalue weighted by Gasteiger charge is 2.35. The fourth-order valence-electron chi connectivity index (χ4n) is 2.71. The van der Waals surface area contributed by atoms with Gasteiger partial charge in [0.25, 0.3) is 0 Å². The fraction of sp³-hybridized carbons (Fsp3) is 0.762. The van der Waals surface area contributed by atoms with Crippen molar-refractivity contribution in [2.75, 3.05) is 7.11 Å². The Labute approximate surface area is 148 Å². The number of esters is 1. The largest absolute Gasteiger partial charge is 0.469 e. The third-order valence-corrected chi connectivity index (χ3v) is 4.32. The summed E-state index contributed by atoms with van der Waals surface area (Å²) < 4.78 is 10.1. The lowest BCUT2D eigenvalue weighted by Crippen LogP contribution is -1.98. The van der Waals surface area contributed by atoms with E-state index in [1.807, 2.05) is 0 Å². The Morgan fingerprint density at radius 3 is 2.29 bits per heavy atom. The zero-order valence-corrected chi connectivity index (χ0v) is 15.5. The van der Waals surface area contributed by atoms with E-state index in [0.717, 1.165) is 32.1 Å². The minimum atomic E-state index is -0.144. The molecule has 1 heterocycles. The number of hydrogen-bond acceptors (Lipinski definition) is 3. The van der Waals surface area contributed by atoms with Gasteiger partial charge in [-0.05, 0) is 51.4 Å². The van der Waals surface area contributed by atoms with Crippen molar-refractivity contribution in [1.82, 2.24) is 0 Å². The van der Waals surface area contributed by atoms with Crippen LogP contribution in [0.4, 0.5) is 0 Å². The van der Waals surface area contributed by atoms with E-state index in [1.54, 1.807) is 0 Å². The van der Waals surface area contributed by atoms with Crippen molar-refractivity contribution in [1.29, 1.82) is 0 Å². The average molecular weight is 335 g/mol. The highest BCUT2D eigenvalue weighted by Crippen LogP contribution is 2.29. The summed E-state index contributed by atoms with van der Waals surface area (Å²) in [6.45, 7) is 2.20. The van der Waals surface area contributed by atoms with Gasteiger partial charge in [-0.15, -0.1) is 11.8 Å². The Balaban J connectivity index is 1.79. The summed E-state index contributed by atoms with van der Waals surface area (Å²) in [4.78, 5) is 10.9. The van der Waals surface area contributed by atoms with Gasteiger partial charge in [0.05, 0.1) is 19.3 Å². The van der Waals surface area contributed by atoms with Crippen LogP contribution in [-0.2, 0) is 14.3 Å². The standard InChI is InChI=1S/C21H34O3/c1-3-19-20(24-19)17-15-13-11-9-7-5-4-6-8-10-12-14-16-18-21(22)23-2/h7,9,19-20H,3-6,8,11,13-18H2,1-2H3. The molecule has 1 fully saturated rings. The van der Waals surface area contributed by atoms with E-state index < -0.39 is 0 Å². The minimum absolute atomic E-state index is 0.144. The van der Waals surface area contributed by atoms with E-state index in [2.05, 4.69) is 35.7 Å². The van der Waals surface area contributed by atoms with Gasteiger partial charge < -0.3 is 9.47 Å². The summed E-state index contributed by atoms with van der Waals surface area (Å²) in [5.41, 5.74) is 0. The summed E-state index contributed by atoms with van der Waals surface area (Å²) in [7, 11) is 1.42. The predicted octanol–water partition coefficient (Wildman–Crippen LogP) is 5.19. The molecule has 1 rings (SSSR count). The SMILES string of the molecule is CCC1OC1CCCCC=CCCCCC#CCCCC(=O)OC. The van der Waals surface area contributed by atoms with Crippen LogP contribution in [0.5, 0.6) is 0 Å². The van der Waals surface area contributed by atoms with Gasteiger partial charge in [-0.1, -0.05) is 25.5 Å². The lowest BCUT2D eigenvalue weighted by atomic mass is 10.1. The maximum Gasteiger partial charge on any atom is 0.305 e. The molecule has 0 saturated carbocycles. The first kappa shape index (κ1) is 20.8. The lowest BCUT2D eigenvalue weighted by molar-refractivity contribution is -0.140. The molecule has 136 valence electrons. The van der Waals surface area contributed by atoms with Gasteiger partial charge in [0.2, 0.25) is 0 Å². The topological polar surface area (TPSA) is 38.8 Å². The Kier molecular flexibility index (Phi) is 12.2. The third kappa shape index (κ3) is 11.3. The molecule has 3 heteroatoms. The summed E-state index contributed by atoms with van der Waals surface area (Å²) >= 11 is 0. The van der Waals surface area contributed by atoms with Crippen molar-refractivity contribution in [3.63, 3.8) is 0 Å². The van der Waals surface area contributed by atoms with Crippen LogP contribution in [0.1, 0.15) is 84.0 Å². The molecule has 0 spiro atoms. The number of methoxy groups -OCH3 is 1. The Hall–Kier alpha value is -1.27. The Morgan fingerprint density at radius 2 is 1.67 bits per heavy atom. The van der Waals surface area contributed by atoms with Crippen molar-refractivity contribution in [2.45, 2.75) is 96.2 Å². The van der Waals surface area contributed by atoms with Crippen LogP contribution in [0.15, 0.2) is 12.2 Å². The molecule has 0 radical (unpaired) electrons. The van der Waals surface area contributed by atoms with Crippen LogP contribution in [0.3, 0.4) is 0 Å². The highest BCUT2D eigenvalue weighted by atomic mass is 16.6. The van der Waals surface area contributed by atoms with Crippen molar-refractivity contribution < 1.29 is 14.3 Å². The molecule has 0 amide bonds. The minimum Gasteiger partial charge on any atom is -0.469 e. The molecule has 0 aromatic heterocycles. The van der Waals surface area contributed by atoms with E-state index >= 15 is 0 Å². The number of ether oxygens (including phenoxy) is 2. The number of hydrogen-bond donors (Lipinski definition) is 0. The van der Waals surface area contributed by atoms with Crippen LogP contribution >= 0.6 is 0 Å². The first-order chi connectivity index (χ1) is 11.8. The molecule has 2 atom stereocenters. The van der Waals surface area contributed by atoms with Gasteiger partial charge in [0.15, 0.2) is 0 Å². The van der Waals surface area contributed by atoms with Crippen molar-refractivity contribution in [2.24, 2.45) is 0 Å². The second-order valence-electron chi connectivity index (χ2n) is 6.41. The van der Waals surface area contributed by atoms with Crippen molar-refractivity contribution >= 4 is 5.97 Å². The summed E-state index contributed by atoms with van der Waals surface area (Å²) in [5.74, 6) is 6.16. The number of epoxide rings is 1. The van der Waals surface area contributed by atoms with Crippen molar-refractivity contribution in [3.8, 4) is 11.8 Å². The number of carbonyl (C=O) groups is 1. The zero-order chi connectivity index (χ0) is 17.5. The number of allylic oxidation sites excluding steroid dienone is 2. The summed E-state index contributed by atoms with van der Waals surface area (Å²) in [5, 5.41) is 0. The highest BCUT2D eigenvalue weighted by molar-refractivity contribution is 5.69. The van der Waals surface area contributed by atoms with E-state index in [4.69, 9.17) is 4.74 Å². The second-order valence-corrected chi connectivity index (χ2v) is 6.41. The molecule has 24 heavy (non-hydrogen) atoms. The molecule has 3 nitrogen and oxygen atoms in total. The molecular weight excluding hydrogens is 300 g/mol. The molecule has 2 unspecified atom stereocenters. The second kappa shape index (κ2) is 14.1. The zero-order valence-electron chi connectivity index (χ0n) is 15.5. The first-order valence-electron chi connectivity index (χ1n) is 9.61. The van der Waals surface area contributed by atoms with Crippen LogP contribution in [0.2, 0.25) is 0 Å². The average Bonchev–Trinajstić information content (AvgIpc) is 3.36. The molecule has 1 saturated heterocycles. The summed E-state index contributed by atoms with van der Waals surface area (Å²) in [6.07, 6.45) is 18.5. The predicted molar refractivity (Wildman–Crippen MR) is 98.7 cm³/mol. The normalized spacial score (nSPS) is 19.1. The van der Waals surface area contributed by atoms with Gasteiger partial charge >= 0.3 is 5.97 Å². The van der Waals surface area contributed by atoms with E-state index in [9.17, 15) is 4.79 Å². The maximum absolute atomic E-state index is 10.9. The lowest BCUT2D eigenvalue weighted by Gasteiger charge is -1.95. The molecule has 0 aliphatic carbocycles. The third-order valence-electron chi connectivity index (χ3n) is 4.32. The van der Waals surface area contributed by atoms with Crippen LogP contribution in [0, 0.1) is 11.8 Å². The van der Waals surface area contributed by atoms with E-state index in [1.165, 1.54) is 45.6 Å². The quantitative estimate of drug-likeness (QED) is 0.153. The molecule has 0 bridgehead atoms.